The van der Waals surface area contributed by atoms with Crippen LogP contribution >= 0.6 is 0 Å². The van der Waals surface area contributed by atoms with E-state index in [-0.39, 0.29) is 23.8 Å². The van der Waals surface area contributed by atoms with Crippen molar-refractivity contribution >= 4 is 24.3 Å². The molecule has 3 rings (SSSR count). The van der Waals surface area contributed by atoms with Crippen molar-refractivity contribution in [2.75, 3.05) is 4.90 Å². The van der Waals surface area contributed by atoms with Crippen LogP contribution in [0.25, 0.3) is 0 Å². The van der Waals surface area contributed by atoms with Crippen molar-refractivity contribution < 1.29 is 18.4 Å². The minimum atomic E-state index is -0.919. The number of nitrogens with zero attached hydrogens (tertiary/aromatic N) is 2. The Bertz CT molecular complexity index is 803. The first-order valence-electron chi connectivity index (χ1n) is 7.39. The first-order valence-corrected chi connectivity index (χ1v) is 7.39. The second kappa shape index (κ2) is 8.67. The highest BCUT2D eigenvalue weighted by Gasteiger charge is 2.32. The Labute approximate surface area is 142 Å². The maximum absolute atomic E-state index is 13.9. The van der Waals surface area contributed by atoms with Gasteiger partial charge >= 0.3 is 6.03 Å². The van der Waals surface area contributed by atoms with E-state index in [0.29, 0.717) is 0 Å². The Morgan fingerprint density at radius 3 is 2.28 bits per heavy atom. The molecule has 2 amide bonds. The lowest BCUT2D eigenvalue weighted by atomic mass is 10.2. The van der Waals surface area contributed by atoms with E-state index in [1.54, 1.807) is 0 Å². The average Bonchev–Trinajstić information content (AvgIpc) is 2.60. The number of H-pyrrole nitrogens is 1. The van der Waals surface area contributed by atoms with Crippen LogP contribution in [0.5, 0.6) is 0 Å². The van der Waals surface area contributed by atoms with Crippen LogP contribution in [-0.2, 0) is 11.3 Å². The quantitative estimate of drug-likeness (QED) is 0.824. The number of fused-ring (bicyclic) bond motifs is 1. The second-order valence-electron chi connectivity index (χ2n) is 4.52. The Hall–Kier alpha value is -3.10. The zero-order valence-electron chi connectivity index (χ0n) is 14.0. The minimum Gasteiger partial charge on any atom is -0.333 e. The summed E-state index contributed by atoms with van der Waals surface area (Å²) >= 11 is 0. The van der Waals surface area contributed by atoms with E-state index >= 15 is 0 Å². The number of carbonyl (C=O) groups excluding carboxylic acids is 2. The van der Waals surface area contributed by atoms with E-state index in [9.17, 15) is 18.4 Å². The molecule has 0 atom stereocenters. The molecule has 2 N–H and O–H groups in total. The zero-order valence-corrected chi connectivity index (χ0v) is 14.0. The molecule has 2 heterocycles. The van der Waals surface area contributed by atoms with E-state index in [4.69, 9.17) is 4.79 Å². The molecule has 1 aromatic carbocycles. The van der Waals surface area contributed by atoms with Crippen molar-refractivity contribution in [3.8, 4) is 0 Å². The first kappa shape index (κ1) is 19.9. The van der Waals surface area contributed by atoms with Crippen LogP contribution in [0.2, 0.25) is 0 Å². The Morgan fingerprint density at radius 2 is 1.72 bits per heavy atom. The third kappa shape index (κ3) is 3.87. The van der Waals surface area contributed by atoms with E-state index in [2.05, 4.69) is 15.3 Å². The summed E-state index contributed by atoms with van der Waals surface area (Å²) in [7, 11) is 0. The summed E-state index contributed by atoms with van der Waals surface area (Å²) in [5, 5.41) is 2.40. The highest BCUT2D eigenvalue weighted by molar-refractivity contribution is 6.00. The van der Waals surface area contributed by atoms with Crippen LogP contribution in [0.3, 0.4) is 0 Å². The molecule has 25 heavy (non-hydrogen) atoms. The molecule has 0 aliphatic carbocycles. The van der Waals surface area contributed by atoms with Crippen LogP contribution in [0.4, 0.5) is 25.1 Å². The molecule has 2 aromatic rings. The zero-order chi connectivity index (χ0) is 19.1. The van der Waals surface area contributed by atoms with Crippen molar-refractivity contribution in [3.05, 3.63) is 51.6 Å². The normalized spacial score (nSPS) is 12.0. The number of carbonyl (C=O) groups is 2. The number of aromatic nitrogens is 2. The van der Waals surface area contributed by atoms with Crippen molar-refractivity contribution in [2.45, 2.75) is 27.3 Å². The topological polar surface area (TPSA) is 95.2 Å². The summed E-state index contributed by atoms with van der Waals surface area (Å²) in [6, 6.07) is 2.50. The number of hydrogen-bond donors (Lipinski definition) is 2. The van der Waals surface area contributed by atoms with Crippen molar-refractivity contribution in [1.29, 1.82) is 0 Å². The number of rotatable bonds is 1. The summed E-state index contributed by atoms with van der Waals surface area (Å²) in [5.41, 5.74) is -0.879. The fourth-order valence-corrected chi connectivity index (χ4v) is 2.19. The van der Waals surface area contributed by atoms with Gasteiger partial charge in [-0.1, -0.05) is 19.9 Å². The molecule has 0 spiro atoms. The number of anilines is 2. The van der Waals surface area contributed by atoms with Gasteiger partial charge in [0.1, 0.15) is 29.9 Å². The van der Waals surface area contributed by atoms with Crippen molar-refractivity contribution in [2.24, 2.45) is 0 Å². The monoisotopic (exact) mass is 352 g/mol. The highest BCUT2D eigenvalue weighted by Crippen LogP contribution is 2.32. The van der Waals surface area contributed by atoms with Gasteiger partial charge in [0.05, 0.1) is 12.1 Å². The molecule has 9 heteroatoms. The van der Waals surface area contributed by atoms with Crippen LogP contribution in [0, 0.1) is 18.6 Å². The van der Waals surface area contributed by atoms with Gasteiger partial charge in [-0.15, -0.1) is 0 Å². The molecule has 0 fully saturated rings. The lowest BCUT2D eigenvalue weighted by Crippen LogP contribution is -2.45. The molecule has 0 saturated heterocycles. The van der Waals surface area contributed by atoms with Gasteiger partial charge in [0.2, 0.25) is 0 Å². The number of urea groups is 1. The number of amides is 2. The first-order chi connectivity index (χ1) is 12.0. The molecule has 0 unspecified atom stereocenters. The Kier molecular flexibility index (Phi) is 6.92. The predicted octanol–water partition coefficient (Wildman–Crippen LogP) is 2.56. The smallest absolute Gasteiger partial charge is 0.328 e. The fourth-order valence-electron chi connectivity index (χ4n) is 2.19. The summed E-state index contributed by atoms with van der Waals surface area (Å²) in [5.74, 6) is -1.66. The molecular weight excluding hydrogens is 334 g/mol. The standard InChI is InChI=1S/C13H10F2N4O2.C2H6.CH2O/c1-6-17-11-7(12(20)18-6)5-16-13(21)19(11)10-8(14)3-2-4-9(10)15;2*1-2/h2-4H,5H2,1H3,(H,16,21)(H,17,18,20);1-2H3;1H2. The molecular formula is C16H18F2N4O3. The van der Waals surface area contributed by atoms with Gasteiger partial charge in [0.15, 0.2) is 5.82 Å². The van der Waals surface area contributed by atoms with Gasteiger partial charge in [-0.25, -0.2) is 23.5 Å². The van der Waals surface area contributed by atoms with Crippen LogP contribution in [0.1, 0.15) is 25.2 Å². The molecule has 7 nitrogen and oxygen atoms in total. The maximum Gasteiger partial charge on any atom is 0.328 e. The average molecular weight is 352 g/mol. The molecule has 1 aliphatic rings. The number of nitrogens with one attached hydrogen (secondary N) is 2. The van der Waals surface area contributed by atoms with Gasteiger partial charge in [0, 0.05) is 0 Å². The fraction of sp³-hybridized carbons (Fsp3) is 0.250. The number of benzene rings is 1. The highest BCUT2D eigenvalue weighted by atomic mass is 19.1. The molecule has 0 bridgehead atoms. The van der Waals surface area contributed by atoms with Crippen molar-refractivity contribution in [1.82, 2.24) is 15.3 Å². The summed E-state index contributed by atoms with van der Waals surface area (Å²) in [6.45, 7) is 7.47. The van der Waals surface area contributed by atoms with E-state index in [0.717, 1.165) is 17.0 Å². The summed E-state index contributed by atoms with van der Waals surface area (Å²) < 4.78 is 27.9. The molecule has 1 aliphatic heterocycles. The minimum absolute atomic E-state index is 0.0522. The largest absolute Gasteiger partial charge is 0.333 e. The van der Waals surface area contributed by atoms with Gasteiger partial charge in [-0.3, -0.25) is 4.79 Å². The predicted molar refractivity (Wildman–Crippen MR) is 88.8 cm³/mol. The second-order valence-corrected chi connectivity index (χ2v) is 4.52. The lowest BCUT2D eigenvalue weighted by molar-refractivity contribution is -0.0980. The van der Waals surface area contributed by atoms with E-state index in [1.807, 2.05) is 20.6 Å². The molecule has 1 aromatic heterocycles. The number of para-hydroxylation sites is 1. The maximum atomic E-state index is 13.9. The summed E-state index contributed by atoms with van der Waals surface area (Å²) in [4.78, 5) is 39.2. The third-order valence-electron chi connectivity index (χ3n) is 3.10. The van der Waals surface area contributed by atoms with Crippen LogP contribution in [0.15, 0.2) is 23.0 Å². The van der Waals surface area contributed by atoms with Crippen LogP contribution < -0.4 is 15.8 Å². The van der Waals surface area contributed by atoms with E-state index < -0.39 is 28.9 Å². The SMILES string of the molecule is C=O.CC.Cc1nc2c(c(=O)[nH]1)CNC(=O)N2c1c(F)cccc1F. The molecule has 0 saturated carbocycles. The summed E-state index contributed by atoms with van der Waals surface area (Å²) in [6.07, 6.45) is 0. The number of halogens is 2. The Morgan fingerprint density at radius 1 is 1.16 bits per heavy atom. The lowest BCUT2D eigenvalue weighted by Gasteiger charge is -2.28. The van der Waals surface area contributed by atoms with Crippen LogP contribution in [-0.4, -0.2) is 22.8 Å². The third-order valence-corrected chi connectivity index (χ3v) is 3.10. The molecule has 0 radical (unpaired) electrons. The van der Waals surface area contributed by atoms with Gasteiger partial charge in [-0.2, -0.15) is 0 Å². The number of aromatic amines is 1. The molecule has 134 valence electrons. The van der Waals surface area contributed by atoms with Gasteiger partial charge in [0.25, 0.3) is 5.56 Å². The van der Waals surface area contributed by atoms with E-state index in [1.165, 1.54) is 13.0 Å². The van der Waals surface area contributed by atoms with Crippen molar-refractivity contribution in [3.63, 3.8) is 0 Å². The van der Waals surface area contributed by atoms with Gasteiger partial charge in [-0.05, 0) is 19.1 Å². The van der Waals surface area contributed by atoms with Gasteiger partial charge < -0.3 is 15.1 Å². The number of hydrogen-bond acceptors (Lipinski definition) is 4. The Balaban J connectivity index is 0.000000730. The number of aryl methyl sites for hydroxylation is 1.